The maximum atomic E-state index is 12.3. The van der Waals surface area contributed by atoms with Crippen LogP contribution in [-0.4, -0.2) is 21.5 Å². The summed E-state index contributed by atoms with van der Waals surface area (Å²) in [6.45, 7) is 7.77. The molecule has 0 spiro atoms. The average Bonchev–Trinajstić information content (AvgIpc) is 2.40. The zero-order valence-corrected chi connectivity index (χ0v) is 13.9. The van der Waals surface area contributed by atoms with Crippen molar-refractivity contribution in [1.29, 1.82) is 0 Å². The predicted octanol–water partition coefficient (Wildman–Crippen LogP) is 2.84. The van der Waals surface area contributed by atoms with E-state index in [1.807, 2.05) is 19.9 Å². The largest absolute Gasteiger partial charge is 0.313 e. The molecule has 114 valence electrons. The van der Waals surface area contributed by atoms with Crippen LogP contribution in [0.25, 0.3) is 0 Å². The summed E-state index contributed by atoms with van der Waals surface area (Å²) in [7, 11) is -3.49. The Labute approximate surface area is 127 Å². The molecular weight excluding hydrogens is 296 g/mol. The zero-order valence-electron chi connectivity index (χ0n) is 12.3. The quantitative estimate of drug-likeness (QED) is 0.725. The van der Waals surface area contributed by atoms with Gasteiger partial charge in [-0.05, 0) is 49.6 Å². The van der Waals surface area contributed by atoms with E-state index in [0.717, 1.165) is 30.5 Å². The van der Waals surface area contributed by atoms with Gasteiger partial charge in [-0.15, -0.1) is 0 Å². The van der Waals surface area contributed by atoms with Crippen LogP contribution in [0, 0.1) is 6.92 Å². The minimum Gasteiger partial charge on any atom is -0.313 e. The first-order chi connectivity index (χ1) is 9.42. The summed E-state index contributed by atoms with van der Waals surface area (Å²) < 4.78 is 27.1. The van der Waals surface area contributed by atoms with Crippen molar-refractivity contribution in [2.24, 2.45) is 0 Å². The molecule has 1 rings (SSSR count). The lowest BCUT2D eigenvalue weighted by atomic mass is 10.1. The maximum absolute atomic E-state index is 12.3. The van der Waals surface area contributed by atoms with E-state index in [9.17, 15) is 8.42 Å². The van der Waals surface area contributed by atoms with Crippen LogP contribution in [0.5, 0.6) is 0 Å². The normalized spacial score (nSPS) is 11.8. The van der Waals surface area contributed by atoms with Crippen molar-refractivity contribution in [3.05, 3.63) is 28.3 Å². The van der Waals surface area contributed by atoms with Crippen molar-refractivity contribution in [3.8, 4) is 0 Å². The van der Waals surface area contributed by atoms with Gasteiger partial charge in [-0.3, -0.25) is 0 Å². The van der Waals surface area contributed by atoms with Crippen molar-refractivity contribution in [3.63, 3.8) is 0 Å². The zero-order chi connectivity index (χ0) is 15.2. The van der Waals surface area contributed by atoms with Crippen molar-refractivity contribution in [1.82, 2.24) is 10.0 Å². The topological polar surface area (TPSA) is 58.2 Å². The third kappa shape index (κ3) is 4.74. The highest BCUT2D eigenvalue weighted by molar-refractivity contribution is 7.89. The predicted molar refractivity (Wildman–Crippen MR) is 83.7 cm³/mol. The van der Waals surface area contributed by atoms with Gasteiger partial charge in [-0.25, -0.2) is 13.1 Å². The lowest BCUT2D eigenvalue weighted by Crippen LogP contribution is -2.26. The average molecular weight is 319 g/mol. The Morgan fingerprint density at radius 1 is 1.15 bits per heavy atom. The number of benzene rings is 1. The fourth-order valence-electron chi connectivity index (χ4n) is 1.88. The number of sulfonamides is 1. The number of hydrogen-bond donors (Lipinski definition) is 2. The number of nitrogens with one attached hydrogen (secondary N) is 2. The Bertz CT molecular complexity index is 544. The maximum Gasteiger partial charge on any atom is 0.240 e. The Kier molecular flexibility index (Phi) is 6.95. The second-order valence-corrected chi connectivity index (χ2v) is 6.93. The van der Waals surface area contributed by atoms with Crippen molar-refractivity contribution < 1.29 is 8.42 Å². The number of rotatable bonds is 8. The molecule has 0 bridgehead atoms. The van der Waals surface area contributed by atoms with E-state index in [1.165, 1.54) is 6.07 Å². The van der Waals surface area contributed by atoms with Gasteiger partial charge in [0.15, 0.2) is 0 Å². The molecule has 0 atom stereocenters. The minimum atomic E-state index is -3.49. The van der Waals surface area contributed by atoms with E-state index in [2.05, 4.69) is 17.0 Å². The molecule has 20 heavy (non-hydrogen) atoms. The molecule has 1 aromatic rings. The Hall–Kier alpha value is -0.620. The molecule has 0 aliphatic rings. The second kappa shape index (κ2) is 7.98. The molecule has 6 heteroatoms. The number of hydrogen-bond acceptors (Lipinski definition) is 3. The first-order valence-electron chi connectivity index (χ1n) is 6.91. The summed E-state index contributed by atoms with van der Waals surface area (Å²) in [5, 5.41) is 3.71. The van der Waals surface area contributed by atoms with E-state index >= 15 is 0 Å². The first-order valence-corrected chi connectivity index (χ1v) is 8.77. The van der Waals surface area contributed by atoms with Gasteiger partial charge < -0.3 is 5.32 Å². The van der Waals surface area contributed by atoms with E-state index in [4.69, 9.17) is 11.6 Å². The monoisotopic (exact) mass is 318 g/mol. The highest BCUT2D eigenvalue weighted by atomic mass is 35.5. The molecule has 4 nitrogen and oxygen atoms in total. The fourth-order valence-corrected chi connectivity index (χ4v) is 3.64. The highest BCUT2D eigenvalue weighted by Gasteiger charge is 2.19. The molecule has 0 aromatic heterocycles. The third-order valence-electron chi connectivity index (χ3n) is 3.01. The summed E-state index contributed by atoms with van der Waals surface area (Å²) in [6, 6.07) is 3.33. The van der Waals surface area contributed by atoms with Crippen LogP contribution < -0.4 is 10.0 Å². The summed E-state index contributed by atoms with van der Waals surface area (Å²) >= 11 is 6.05. The van der Waals surface area contributed by atoms with Crippen LogP contribution in [0.15, 0.2) is 17.0 Å². The van der Waals surface area contributed by atoms with E-state index in [-0.39, 0.29) is 4.90 Å². The van der Waals surface area contributed by atoms with Gasteiger partial charge in [0.25, 0.3) is 0 Å². The van der Waals surface area contributed by atoms with Gasteiger partial charge in [0.05, 0.1) is 4.90 Å². The lowest BCUT2D eigenvalue weighted by Gasteiger charge is -2.14. The van der Waals surface area contributed by atoms with Crippen molar-refractivity contribution in [2.45, 2.75) is 45.1 Å². The van der Waals surface area contributed by atoms with Gasteiger partial charge in [0.1, 0.15) is 0 Å². The first kappa shape index (κ1) is 17.4. The Balaban J connectivity index is 3.08. The fraction of sp³-hybridized carbons (Fsp3) is 0.571. The molecule has 0 aliphatic carbocycles. The molecule has 0 saturated carbocycles. The minimum absolute atomic E-state index is 0.270. The van der Waals surface area contributed by atoms with Gasteiger partial charge in [0, 0.05) is 18.1 Å². The van der Waals surface area contributed by atoms with E-state index < -0.39 is 10.0 Å². The van der Waals surface area contributed by atoms with Gasteiger partial charge in [-0.2, -0.15) is 0 Å². The number of halogens is 1. The Morgan fingerprint density at radius 2 is 1.80 bits per heavy atom. The van der Waals surface area contributed by atoms with E-state index in [1.54, 1.807) is 0 Å². The standard InChI is InChI=1S/C14H23ClN2O2S/c1-4-6-16-10-12-8-13(15)9-14(11(12)3)20(18,19)17-7-5-2/h8-9,16-17H,4-7,10H2,1-3H3. The third-order valence-corrected chi connectivity index (χ3v) is 4.81. The summed E-state index contributed by atoms with van der Waals surface area (Å²) in [5.41, 5.74) is 1.67. The van der Waals surface area contributed by atoms with Crippen LogP contribution in [-0.2, 0) is 16.6 Å². The second-order valence-electron chi connectivity index (χ2n) is 4.76. The van der Waals surface area contributed by atoms with Gasteiger partial charge in [-0.1, -0.05) is 25.4 Å². The summed E-state index contributed by atoms with van der Waals surface area (Å²) in [5.74, 6) is 0. The highest BCUT2D eigenvalue weighted by Crippen LogP contribution is 2.24. The summed E-state index contributed by atoms with van der Waals surface area (Å²) in [4.78, 5) is 0.270. The summed E-state index contributed by atoms with van der Waals surface area (Å²) in [6.07, 6.45) is 1.78. The molecule has 0 amide bonds. The van der Waals surface area contributed by atoms with Crippen LogP contribution in [0.1, 0.15) is 37.8 Å². The molecule has 0 saturated heterocycles. The van der Waals surface area contributed by atoms with Gasteiger partial charge in [0.2, 0.25) is 10.0 Å². The smallest absolute Gasteiger partial charge is 0.240 e. The van der Waals surface area contributed by atoms with E-state index in [0.29, 0.717) is 18.1 Å². The molecule has 2 N–H and O–H groups in total. The SMILES string of the molecule is CCCNCc1cc(Cl)cc(S(=O)(=O)NCCC)c1C. The van der Waals surface area contributed by atoms with Gasteiger partial charge >= 0.3 is 0 Å². The molecule has 0 radical (unpaired) electrons. The van der Waals surface area contributed by atoms with Crippen molar-refractivity contribution >= 4 is 21.6 Å². The lowest BCUT2D eigenvalue weighted by molar-refractivity contribution is 0.579. The molecular formula is C14H23ClN2O2S. The van der Waals surface area contributed by atoms with Crippen LogP contribution in [0.2, 0.25) is 5.02 Å². The van der Waals surface area contributed by atoms with Crippen LogP contribution in [0.3, 0.4) is 0 Å². The molecule has 0 heterocycles. The molecule has 0 fully saturated rings. The van der Waals surface area contributed by atoms with Crippen molar-refractivity contribution in [2.75, 3.05) is 13.1 Å². The molecule has 1 aromatic carbocycles. The van der Waals surface area contributed by atoms with Crippen LogP contribution >= 0.6 is 11.6 Å². The molecule has 0 aliphatic heterocycles. The Morgan fingerprint density at radius 3 is 2.40 bits per heavy atom. The van der Waals surface area contributed by atoms with Crippen LogP contribution in [0.4, 0.5) is 0 Å². The molecule has 0 unspecified atom stereocenters.